The number of fused-ring (bicyclic) bond motifs is 1. The molecule has 0 bridgehead atoms. The van der Waals surface area contributed by atoms with Gasteiger partial charge in [0.2, 0.25) is 5.91 Å². The summed E-state index contributed by atoms with van der Waals surface area (Å²) in [6.45, 7) is 6.52. The van der Waals surface area contributed by atoms with Gasteiger partial charge in [-0.25, -0.2) is 4.98 Å². The van der Waals surface area contributed by atoms with E-state index < -0.39 is 0 Å². The zero-order chi connectivity index (χ0) is 18.8. The second kappa shape index (κ2) is 7.07. The minimum absolute atomic E-state index is 0.0127. The third-order valence-corrected chi connectivity index (χ3v) is 4.91. The third kappa shape index (κ3) is 3.33. The van der Waals surface area contributed by atoms with Crippen LogP contribution >= 0.6 is 0 Å². The minimum atomic E-state index is -0.129. The molecule has 2 aliphatic heterocycles. The van der Waals surface area contributed by atoms with Crippen LogP contribution in [0.3, 0.4) is 0 Å². The van der Waals surface area contributed by atoms with Crippen LogP contribution in [-0.2, 0) is 9.59 Å². The van der Waals surface area contributed by atoms with Crippen LogP contribution in [-0.4, -0.2) is 47.9 Å². The molecular formula is C21H20N4O2. The van der Waals surface area contributed by atoms with Crippen LogP contribution in [0, 0.1) is 0 Å². The highest BCUT2D eigenvalue weighted by atomic mass is 16.2. The van der Waals surface area contributed by atoms with Crippen LogP contribution < -0.4 is 10.2 Å². The Morgan fingerprint density at radius 2 is 1.85 bits per heavy atom. The average molecular weight is 360 g/mol. The standard InChI is InChI=1S/C21H20N4O2/c1-2-19(26)25-12-10-24(11-13-25)16-7-5-15(6-8-16)14-18-17-4-3-9-22-20(17)23-21(18)27/h2-9,14H,1,10-13H2,(H,22,23,27)/b18-14-. The van der Waals surface area contributed by atoms with Crippen LogP contribution in [0.1, 0.15) is 11.1 Å². The molecule has 1 fully saturated rings. The van der Waals surface area contributed by atoms with E-state index in [0.717, 1.165) is 29.9 Å². The topological polar surface area (TPSA) is 65.5 Å². The van der Waals surface area contributed by atoms with Gasteiger partial charge in [-0.3, -0.25) is 9.59 Å². The SMILES string of the molecule is C=CC(=O)N1CCN(c2ccc(/C=C3\C(=O)Nc4ncccc43)cc2)CC1. The van der Waals surface area contributed by atoms with Gasteiger partial charge >= 0.3 is 0 Å². The number of piperazine rings is 1. The minimum Gasteiger partial charge on any atom is -0.368 e. The number of hydrogen-bond acceptors (Lipinski definition) is 4. The fourth-order valence-corrected chi connectivity index (χ4v) is 3.42. The molecule has 136 valence electrons. The molecular weight excluding hydrogens is 340 g/mol. The summed E-state index contributed by atoms with van der Waals surface area (Å²) in [6.07, 6.45) is 4.91. The zero-order valence-corrected chi connectivity index (χ0v) is 14.9. The maximum Gasteiger partial charge on any atom is 0.257 e. The third-order valence-electron chi connectivity index (χ3n) is 4.91. The van der Waals surface area contributed by atoms with Crippen molar-refractivity contribution >= 4 is 35.0 Å². The van der Waals surface area contributed by atoms with Crippen molar-refractivity contribution in [1.82, 2.24) is 9.88 Å². The number of carbonyl (C=O) groups excluding carboxylic acids is 2. The zero-order valence-electron chi connectivity index (χ0n) is 14.9. The summed E-state index contributed by atoms with van der Waals surface area (Å²) >= 11 is 0. The lowest BCUT2D eigenvalue weighted by Gasteiger charge is -2.35. The lowest BCUT2D eigenvalue weighted by molar-refractivity contribution is -0.126. The number of hydrogen-bond donors (Lipinski definition) is 1. The van der Waals surface area contributed by atoms with Crippen molar-refractivity contribution < 1.29 is 9.59 Å². The second-order valence-electron chi connectivity index (χ2n) is 6.52. The number of benzene rings is 1. The average Bonchev–Trinajstić information content (AvgIpc) is 3.03. The molecule has 3 heterocycles. The first-order chi connectivity index (χ1) is 13.2. The number of anilines is 2. The molecule has 1 N–H and O–H groups in total. The predicted molar refractivity (Wildman–Crippen MR) is 106 cm³/mol. The van der Waals surface area contributed by atoms with Gasteiger partial charge in [-0.05, 0) is 42.0 Å². The van der Waals surface area contributed by atoms with Crippen molar-refractivity contribution in [2.45, 2.75) is 0 Å². The van der Waals surface area contributed by atoms with Crippen molar-refractivity contribution in [2.75, 3.05) is 36.4 Å². The van der Waals surface area contributed by atoms with Gasteiger partial charge in [0.15, 0.2) is 0 Å². The summed E-state index contributed by atoms with van der Waals surface area (Å²) in [5.74, 6) is 0.467. The summed E-state index contributed by atoms with van der Waals surface area (Å²) in [7, 11) is 0. The molecule has 2 aromatic rings. The highest BCUT2D eigenvalue weighted by Crippen LogP contribution is 2.31. The van der Waals surface area contributed by atoms with Gasteiger partial charge in [0.1, 0.15) is 5.82 Å². The van der Waals surface area contributed by atoms with E-state index in [1.165, 1.54) is 6.08 Å². The number of carbonyl (C=O) groups is 2. The quantitative estimate of drug-likeness (QED) is 0.854. The van der Waals surface area contributed by atoms with E-state index in [9.17, 15) is 9.59 Å². The fourth-order valence-electron chi connectivity index (χ4n) is 3.42. The van der Waals surface area contributed by atoms with E-state index >= 15 is 0 Å². The molecule has 6 nitrogen and oxygen atoms in total. The number of nitrogens with zero attached hydrogens (tertiary/aromatic N) is 3. The van der Waals surface area contributed by atoms with Crippen LogP contribution in [0.5, 0.6) is 0 Å². The Labute approximate surface area is 157 Å². The van der Waals surface area contributed by atoms with Crippen molar-refractivity contribution in [3.63, 3.8) is 0 Å². The van der Waals surface area contributed by atoms with Crippen molar-refractivity contribution in [2.24, 2.45) is 0 Å². The number of pyridine rings is 1. The highest BCUT2D eigenvalue weighted by Gasteiger charge is 2.24. The van der Waals surface area contributed by atoms with Crippen molar-refractivity contribution in [1.29, 1.82) is 0 Å². The number of rotatable bonds is 3. The van der Waals surface area contributed by atoms with Gasteiger partial charge in [0, 0.05) is 43.6 Å². The first-order valence-electron chi connectivity index (χ1n) is 8.90. The van der Waals surface area contributed by atoms with E-state index in [0.29, 0.717) is 24.5 Å². The monoisotopic (exact) mass is 360 g/mol. The molecule has 0 unspecified atom stereocenters. The number of aromatic nitrogens is 1. The van der Waals surface area contributed by atoms with Gasteiger partial charge in [0.05, 0.1) is 5.57 Å². The summed E-state index contributed by atoms with van der Waals surface area (Å²) in [4.78, 5) is 32.1. The Balaban J connectivity index is 1.48. The van der Waals surface area contributed by atoms with Gasteiger partial charge in [-0.15, -0.1) is 0 Å². The first kappa shape index (κ1) is 17.0. The molecule has 0 aliphatic carbocycles. The van der Waals surface area contributed by atoms with Crippen molar-refractivity contribution in [3.8, 4) is 0 Å². The molecule has 0 saturated carbocycles. The van der Waals surface area contributed by atoms with Gasteiger partial charge in [-0.1, -0.05) is 18.7 Å². The number of nitrogens with one attached hydrogen (secondary N) is 1. The van der Waals surface area contributed by atoms with Crippen LogP contribution in [0.25, 0.3) is 11.6 Å². The van der Waals surface area contributed by atoms with E-state index in [1.54, 1.807) is 6.20 Å². The summed E-state index contributed by atoms with van der Waals surface area (Å²) in [6, 6.07) is 11.8. The molecule has 0 atom stereocenters. The normalized spacial score (nSPS) is 17.6. The van der Waals surface area contributed by atoms with Crippen molar-refractivity contribution in [3.05, 3.63) is 66.4 Å². The summed E-state index contributed by atoms with van der Waals surface area (Å²) < 4.78 is 0. The molecule has 2 amide bonds. The van der Waals surface area contributed by atoms with Gasteiger partial charge < -0.3 is 15.1 Å². The molecule has 0 radical (unpaired) electrons. The van der Waals surface area contributed by atoms with Crippen LogP contribution in [0.15, 0.2) is 55.3 Å². The van der Waals surface area contributed by atoms with Crippen LogP contribution in [0.4, 0.5) is 11.5 Å². The van der Waals surface area contributed by atoms with Gasteiger partial charge in [0.25, 0.3) is 5.91 Å². The summed E-state index contributed by atoms with van der Waals surface area (Å²) in [5, 5.41) is 2.78. The maximum atomic E-state index is 12.2. The Kier molecular flexibility index (Phi) is 4.46. The maximum absolute atomic E-state index is 12.2. The van der Waals surface area contributed by atoms with E-state index in [-0.39, 0.29) is 11.8 Å². The van der Waals surface area contributed by atoms with E-state index in [4.69, 9.17) is 0 Å². The Morgan fingerprint density at radius 1 is 1.11 bits per heavy atom. The number of amides is 2. The molecule has 0 spiro atoms. The smallest absolute Gasteiger partial charge is 0.257 e. The molecule has 27 heavy (non-hydrogen) atoms. The largest absolute Gasteiger partial charge is 0.368 e. The highest BCUT2D eigenvalue weighted by molar-refractivity contribution is 6.34. The lowest BCUT2D eigenvalue weighted by Crippen LogP contribution is -2.48. The van der Waals surface area contributed by atoms with Gasteiger partial charge in [-0.2, -0.15) is 0 Å². The van der Waals surface area contributed by atoms with E-state index in [1.807, 2.05) is 47.4 Å². The second-order valence-corrected chi connectivity index (χ2v) is 6.52. The molecule has 1 aromatic heterocycles. The Bertz CT molecular complexity index is 925. The molecule has 1 saturated heterocycles. The molecule has 1 aromatic carbocycles. The summed E-state index contributed by atoms with van der Waals surface area (Å²) in [5.41, 5.74) is 3.53. The first-order valence-corrected chi connectivity index (χ1v) is 8.90. The predicted octanol–water partition coefficient (Wildman–Crippen LogP) is 2.41. The Morgan fingerprint density at radius 3 is 2.56 bits per heavy atom. The fraction of sp³-hybridized carbons (Fsp3) is 0.190. The molecule has 4 rings (SSSR count). The molecule has 6 heteroatoms. The van der Waals surface area contributed by atoms with Crippen LogP contribution in [0.2, 0.25) is 0 Å². The Hall–Kier alpha value is -3.41. The molecule has 2 aliphatic rings. The lowest BCUT2D eigenvalue weighted by atomic mass is 10.1. The van der Waals surface area contributed by atoms with E-state index in [2.05, 4.69) is 21.8 Å².